The number of anilines is 1. The number of carbonyl (C=O) groups excluding carboxylic acids is 1. The van der Waals surface area contributed by atoms with E-state index in [0.29, 0.717) is 23.4 Å². The minimum atomic E-state index is -3.61. The van der Waals surface area contributed by atoms with Crippen molar-refractivity contribution in [3.8, 4) is 11.6 Å². The van der Waals surface area contributed by atoms with Crippen LogP contribution in [0.2, 0.25) is 0 Å². The number of nitrogens with zero attached hydrogens (tertiary/aromatic N) is 3. The fourth-order valence-corrected chi connectivity index (χ4v) is 4.75. The Hall–Kier alpha value is -3.02. The molecular weight excluding hydrogens is 546 g/mol. The van der Waals surface area contributed by atoms with Gasteiger partial charge in [-0.05, 0) is 71.2 Å². The summed E-state index contributed by atoms with van der Waals surface area (Å²) in [6, 6.07) is 7.50. The molecule has 226 valence electrons. The van der Waals surface area contributed by atoms with Gasteiger partial charge in [-0.1, -0.05) is 32.1 Å². The van der Waals surface area contributed by atoms with Gasteiger partial charge in [0.15, 0.2) is 5.79 Å². The molecule has 1 aliphatic rings. The van der Waals surface area contributed by atoms with Gasteiger partial charge in [-0.2, -0.15) is 4.98 Å². The normalized spacial score (nSPS) is 19.4. The Labute approximate surface area is 244 Å². The summed E-state index contributed by atoms with van der Waals surface area (Å²) in [4.78, 5) is 21.6. The molecule has 0 N–H and O–H groups in total. The van der Waals surface area contributed by atoms with Crippen molar-refractivity contribution < 1.29 is 32.2 Å². The number of carbonyl (C=O) groups is 1. The number of rotatable bonds is 9. The van der Waals surface area contributed by atoms with Crippen LogP contribution in [0.5, 0.6) is 11.6 Å². The molecule has 1 aromatic carbocycles. The van der Waals surface area contributed by atoms with Crippen LogP contribution in [0.4, 0.5) is 5.95 Å². The van der Waals surface area contributed by atoms with Crippen molar-refractivity contribution in [2.24, 2.45) is 0 Å². The van der Waals surface area contributed by atoms with E-state index in [4.69, 9.17) is 18.9 Å². The number of hydrogen-bond donors (Lipinski definition) is 0. The third-order valence-electron chi connectivity index (χ3n) is 6.13. The van der Waals surface area contributed by atoms with Crippen molar-refractivity contribution in [2.45, 2.75) is 97.7 Å². The van der Waals surface area contributed by atoms with Crippen LogP contribution in [0.25, 0.3) is 6.08 Å². The van der Waals surface area contributed by atoms with Crippen molar-refractivity contribution >= 4 is 28.0 Å². The van der Waals surface area contributed by atoms with Crippen molar-refractivity contribution in [1.82, 2.24) is 9.97 Å². The highest BCUT2D eigenvalue weighted by Gasteiger charge is 2.36. The van der Waals surface area contributed by atoms with E-state index in [0.717, 1.165) is 16.1 Å². The number of esters is 1. The van der Waals surface area contributed by atoms with Crippen LogP contribution in [-0.2, 0) is 29.0 Å². The largest absolute Gasteiger partial charge is 0.460 e. The summed E-state index contributed by atoms with van der Waals surface area (Å²) in [7, 11) is -2.21. The Morgan fingerprint density at radius 3 is 2.49 bits per heavy atom. The molecule has 1 aromatic heterocycles. The van der Waals surface area contributed by atoms with Crippen molar-refractivity contribution in [3.05, 3.63) is 47.2 Å². The smallest absolute Gasteiger partial charge is 0.308 e. The zero-order valence-electron chi connectivity index (χ0n) is 25.7. The van der Waals surface area contributed by atoms with Gasteiger partial charge in [0.25, 0.3) is 0 Å². The van der Waals surface area contributed by atoms with E-state index in [1.54, 1.807) is 13.8 Å². The lowest BCUT2D eigenvalue weighted by molar-refractivity contribution is -0.290. The average molecular weight is 590 g/mol. The van der Waals surface area contributed by atoms with Gasteiger partial charge in [0.05, 0.1) is 36.1 Å². The summed E-state index contributed by atoms with van der Waals surface area (Å²) < 4.78 is 49.6. The fourth-order valence-electron chi connectivity index (χ4n) is 4.37. The van der Waals surface area contributed by atoms with Crippen LogP contribution in [0.15, 0.2) is 30.3 Å². The summed E-state index contributed by atoms with van der Waals surface area (Å²) in [5.74, 6) is -0.569. The summed E-state index contributed by atoms with van der Waals surface area (Å²) in [5, 5.41) is 0. The first-order chi connectivity index (χ1) is 18.8. The molecule has 0 bridgehead atoms. The maximum atomic E-state index is 12.5. The summed E-state index contributed by atoms with van der Waals surface area (Å²) in [6.07, 6.45) is 4.54. The minimum absolute atomic E-state index is 0.0110. The number of sulfonamides is 1. The predicted molar refractivity (Wildman–Crippen MR) is 159 cm³/mol. The summed E-state index contributed by atoms with van der Waals surface area (Å²) in [5.41, 5.74) is 1.62. The van der Waals surface area contributed by atoms with Crippen LogP contribution in [0.3, 0.4) is 0 Å². The molecule has 2 atom stereocenters. The highest BCUT2D eigenvalue weighted by molar-refractivity contribution is 7.92. The van der Waals surface area contributed by atoms with Gasteiger partial charge < -0.3 is 18.9 Å². The van der Waals surface area contributed by atoms with E-state index < -0.39 is 33.6 Å². The molecule has 11 heteroatoms. The number of benzene rings is 1. The Morgan fingerprint density at radius 1 is 1.22 bits per heavy atom. The molecule has 0 aliphatic carbocycles. The average Bonchev–Trinajstić information content (AvgIpc) is 2.79. The number of aryl methyl sites for hydroxylation is 1. The molecule has 1 aliphatic heterocycles. The van der Waals surface area contributed by atoms with E-state index in [1.807, 2.05) is 78.0 Å². The molecule has 3 rings (SSSR count). The zero-order valence-corrected chi connectivity index (χ0v) is 26.5. The topological polar surface area (TPSA) is 117 Å². The van der Waals surface area contributed by atoms with Gasteiger partial charge in [0.2, 0.25) is 21.9 Å². The Balaban J connectivity index is 2.01. The standard InChI is InChI=1S/C30H43N3O7S/c1-19(2)26-24(15-14-22-17-23(39-30(7,8)38-22)18-25(34)40-29(4,5)6)27(37-21-13-11-12-20(3)16-21)32-28(31-26)33(9)41(10,35)36/h11-16,19,22-23H,17-18H2,1-10H3/b15-14+/t22-,23-/m1/s1. The molecule has 1 saturated heterocycles. The highest BCUT2D eigenvalue weighted by atomic mass is 32.2. The Bertz CT molecular complexity index is 1380. The fraction of sp³-hybridized carbons (Fsp3) is 0.567. The van der Waals surface area contributed by atoms with Gasteiger partial charge in [0.1, 0.15) is 11.4 Å². The molecule has 1 fully saturated rings. The first kappa shape index (κ1) is 32.5. The second-order valence-electron chi connectivity index (χ2n) is 12.1. The lowest BCUT2D eigenvalue weighted by Gasteiger charge is -2.39. The first-order valence-corrected chi connectivity index (χ1v) is 15.5. The Morgan fingerprint density at radius 2 is 1.90 bits per heavy atom. The van der Waals surface area contributed by atoms with E-state index >= 15 is 0 Å². The molecule has 2 heterocycles. The lowest BCUT2D eigenvalue weighted by Crippen LogP contribution is -2.45. The first-order valence-electron chi connectivity index (χ1n) is 13.7. The molecule has 0 radical (unpaired) electrons. The highest BCUT2D eigenvalue weighted by Crippen LogP contribution is 2.35. The maximum Gasteiger partial charge on any atom is 0.308 e. The van der Waals surface area contributed by atoms with Gasteiger partial charge in [0, 0.05) is 13.5 Å². The molecule has 0 unspecified atom stereocenters. The van der Waals surface area contributed by atoms with Gasteiger partial charge in [-0.3, -0.25) is 4.79 Å². The van der Waals surface area contributed by atoms with Crippen molar-refractivity contribution in [2.75, 3.05) is 17.6 Å². The molecule has 0 saturated carbocycles. The van der Waals surface area contributed by atoms with Gasteiger partial charge >= 0.3 is 5.97 Å². The second-order valence-corrected chi connectivity index (χ2v) is 14.1. The Kier molecular flexibility index (Phi) is 9.88. The quantitative estimate of drug-likeness (QED) is 0.337. The SMILES string of the molecule is Cc1cccc(Oc2nc(N(C)S(C)(=O)=O)nc(C(C)C)c2/C=C/[C@@H]2C[C@H](CC(=O)OC(C)(C)C)OC(C)(C)O2)c1. The van der Waals surface area contributed by atoms with Crippen LogP contribution in [-0.4, -0.2) is 61.3 Å². The number of ether oxygens (including phenoxy) is 4. The molecule has 2 aromatic rings. The zero-order chi connectivity index (χ0) is 30.8. The van der Waals surface area contributed by atoms with E-state index in [1.165, 1.54) is 7.05 Å². The second kappa shape index (κ2) is 12.5. The van der Waals surface area contributed by atoms with E-state index in [2.05, 4.69) is 9.97 Å². The molecular formula is C30H43N3O7S. The third-order valence-corrected chi connectivity index (χ3v) is 7.29. The van der Waals surface area contributed by atoms with Crippen LogP contribution < -0.4 is 9.04 Å². The molecule has 0 amide bonds. The lowest BCUT2D eigenvalue weighted by atomic mass is 10.0. The predicted octanol–water partition coefficient (Wildman–Crippen LogP) is 5.75. The number of aromatic nitrogens is 2. The van der Waals surface area contributed by atoms with Crippen LogP contribution >= 0.6 is 0 Å². The van der Waals surface area contributed by atoms with Crippen molar-refractivity contribution in [1.29, 1.82) is 0 Å². The van der Waals surface area contributed by atoms with Crippen LogP contribution in [0.1, 0.15) is 84.0 Å². The minimum Gasteiger partial charge on any atom is -0.460 e. The molecule has 0 spiro atoms. The van der Waals surface area contributed by atoms with Gasteiger partial charge in [-0.25, -0.2) is 17.7 Å². The van der Waals surface area contributed by atoms with Gasteiger partial charge in [-0.15, -0.1) is 0 Å². The third kappa shape index (κ3) is 9.51. The maximum absolute atomic E-state index is 12.5. The molecule has 41 heavy (non-hydrogen) atoms. The molecule has 10 nitrogen and oxygen atoms in total. The number of hydrogen-bond acceptors (Lipinski definition) is 9. The monoisotopic (exact) mass is 589 g/mol. The summed E-state index contributed by atoms with van der Waals surface area (Å²) >= 11 is 0. The van der Waals surface area contributed by atoms with Crippen LogP contribution in [0, 0.1) is 6.92 Å². The van der Waals surface area contributed by atoms with E-state index in [-0.39, 0.29) is 30.1 Å². The van der Waals surface area contributed by atoms with Crippen molar-refractivity contribution in [3.63, 3.8) is 0 Å². The summed E-state index contributed by atoms with van der Waals surface area (Å²) in [6.45, 7) is 15.0. The van der Waals surface area contributed by atoms with E-state index in [9.17, 15) is 13.2 Å².